The molecule has 0 unspecified atom stereocenters. The normalized spacial score (nSPS) is 11.1. The van der Waals surface area contributed by atoms with Crippen LogP contribution in [0, 0.1) is 0 Å². The van der Waals surface area contributed by atoms with Gasteiger partial charge in [0, 0.05) is 20.3 Å². The molecule has 8 nitrogen and oxygen atoms in total. The topological polar surface area (TPSA) is 95.2 Å². The van der Waals surface area contributed by atoms with Gasteiger partial charge in [0.05, 0.1) is 18.4 Å². The molecule has 146 valence electrons. The molecule has 0 bridgehead atoms. The lowest BCUT2D eigenvalue weighted by molar-refractivity contribution is 0.102. The van der Waals surface area contributed by atoms with Crippen molar-refractivity contribution in [3.05, 3.63) is 62.4 Å². The Labute approximate surface area is 161 Å². The minimum Gasteiger partial charge on any atom is -0.496 e. The maximum absolute atomic E-state index is 13.0. The van der Waals surface area contributed by atoms with Crippen molar-refractivity contribution in [1.29, 1.82) is 0 Å². The fourth-order valence-electron chi connectivity index (χ4n) is 3.13. The number of pyridine rings is 1. The molecule has 1 N–H and O–H groups in total. The number of carbonyl (C=O) groups is 1. The number of aryl methyl sites for hydroxylation is 1. The minimum atomic E-state index is -0.511. The van der Waals surface area contributed by atoms with Crippen LogP contribution in [0.15, 0.2) is 40.1 Å². The summed E-state index contributed by atoms with van der Waals surface area (Å²) in [5.74, 6) is -0.000624. The van der Waals surface area contributed by atoms with E-state index in [1.807, 2.05) is 13.8 Å². The number of aromatic nitrogens is 3. The number of amides is 1. The second-order valence-electron chi connectivity index (χ2n) is 6.80. The van der Waals surface area contributed by atoms with Gasteiger partial charge >= 0.3 is 5.69 Å². The summed E-state index contributed by atoms with van der Waals surface area (Å²) < 4.78 is 7.56. The number of hydrogen-bond acceptors (Lipinski definition) is 5. The molecule has 0 fully saturated rings. The second-order valence-corrected chi connectivity index (χ2v) is 6.80. The van der Waals surface area contributed by atoms with Crippen molar-refractivity contribution < 1.29 is 9.53 Å². The Bertz CT molecular complexity index is 1190. The molecular formula is C20H22N4O4. The van der Waals surface area contributed by atoms with Crippen LogP contribution >= 0.6 is 0 Å². The molecule has 0 aliphatic carbocycles. The zero-order chi connectivity index (χ0) is 20.6. The zero-order valence-corrected chi connectivity index (χ0v) is 16.4. The molecule has 0 saturated carbocycles. The van der Waals surface area contributed by atoms with E-state index in [9.17, 15) is 14.4 Å². The van der Waals surface area contributed by atoms with Crippen LogP contribution in [0.1, 0.15) is 35.7 Å². The molecule has 0 spiro atoms. The Balaban J connectivity index is 2.29. The summed E-state index contributed by atoms with van der Waals surface area (Å²) in [4.78, 5) is 42.4. The van der Waals surface area contributed by atoms with Gasteiger partial charge in [-0.15, -0.1) is 0 Å². The van der Waals surface area contributed by atoms with Gasteiger partial charge in [-0.05, 0) is 23.6 Å². The Hall–Kier alpha value is -3.42. The molecule has 0 radical (unpaired) electrons. The Morgan fingerprint density at radius 1 is 1.14 bits per heavy atom. The molecule has 1 aromatic carbocycles. The Kier molecular flexibility index (Phi) is 5.04. The summed E-state index contributed by atoms with van der Waals surface area (Å²) in [5.41, 5.74) is 0.616. The van der Waals surface area contributed by atoms with E-state index in [4.69, 9.17) is 4.74 Å². The fraction of sp³-hybridized carbons (Fsp3) is 0.300. The SMILES string of the molecule is COc1ccccc1C(=O)Nc1c(C(C)C)cnc2c1c(=O)n(C)c(=O)n2C. The number of hydrogen-bond donors (Lipinski definition) is 1. The third-order valence-electron chi connectivity index (χ3n) is 4.71. The van der Waals surface area contributed by atoms with Gasteiger partial charge in [-0.25, -0.2) is 9.78 Å². The Morgan fingerprint density at radius 3 is 2.46 bits per heavy atom. The summed E-state index contributed by atoms with van der Waals surface area (Å²) in [5, 5.41) is 3.05. The van der Waals surface area contributed by atoms with Gasteiger partial charge in [-0.3, -0.25) is 18.7 Å². The van der Waals surface area contributed by atoms with Gasteiger partial charge < -0.3 is 10.1 Å². The molecule has 3 aromatic rings. The number of nitrogens with one attached hydrogen (secondary N) is 1. The van der Waals surface area contributed by atoms with Gasteiger partial charge in [0.15, 0.2) is 5.65 Å². The van der Waals surface area contributed by atoms with E-state index in [1.54, 1.807) is 30.5 Å². The van der Waals surface area contributed by atoms with E-state index < -0.39 is 17.2 Å². The standard InChI is InChI=1S/C20H22N4O4/c1-11(2)13-10-21-17-15(19(26)24(4)20(27)23(17)3)16(13)22-18(25)12-8-6-7-9-14(12)28-5/h6-11H,1-5H3,(H,21,22,25). The van der Waals surface area contributed by atoms with Crippen LogP contribution in [0.5, 0.6) is 5.75 Å². The number of para-hydroxylation sites is 1. The van der Waals surface area contributed by atoms with E-state index in [0.29, 0.717) is 22.6 Å². The molecule has 3 rings (SSSR count). The lowest BCUT2D eigenvalue weighted by Crippen LogP contribution is -2.38. The number of fused-ring (bicyclic) bond motifs is 1. The highest BCUT2D eigenvalue weighted by Gasteiger charge is 2.21. The average molecular weight is 382 g/mol. The first-order chi connectivity index (χ1) is 13.3. The van der Waals surface area contributed by atoms with Gasteiger partial charge in [0.25, 0.3) is 11.5 Å². The monoisotopic (exact) mass is 382 g/mol. The number of benzene rings is 1. The van der Waals surface area contributed by atoms with Crippen LogP contribution in [-0.2, 0) is 14.1 Å². The van der Waals surface area contributed by atoms with Crippen molar-refractivity contribution in [3.8, 4) is 5.75 Å². The maximum Gasteiger partial charge on any atom is 0.332 e. The molecular weight excluding hydrogens is 360 g/mol. The maximum atomic E-state index is 13.0. The first kappa shape index (κ1) is 19.3. The van der Waals surface area contributed by atoms with Crippen molar-refractivity contribution in [3.63, 3.8) is 0 Å². The third kappa shape index (κ3) is 3.06. The van der Waals surface area contributed by atoms with E-state index in [2.05, 4.69) is 10.3 Å². The average Bonchev–Trinajstić information content (AvgIpc) is 2.69. The highest BCUT2D eigenvalue weighted by atomic mass is 16.5. The van der Waals surface area contributed by atoms with Crippen molar-refractivity contribution >= 4 is 22.6 Å². The van der Waals surface area contributed by atoms with Crippen LogP contribution in [0.3, 0.4) is 0 Å². The van der Waals surface area contributed by atoms with Crippen LogP contribution in [0.25, 0.3) is 11.0 Å². The highest BCUT2D eigenvalue weighted by molar-refractivity contribution is 6.10. The highest BCUT2D eigenvalue weighted by Crippen LogP contribution is 2.29. The largest absolute Gasteiger partial charge is 0.496 e. The first-order valence-corrected chi connectivity index (χ1v) is 8.80. The summed E-state index contributed by atoms with van der Waals surface area (Å²) in [6.45, 7) is 3.88. The van der Waals surface area contributed by atoms with Gasteiger partial charge in [-0.1, -0.05) is 26.0 Å². The first-order valence-electron chi connectivity index (χ1n) is 8.80. The molecule has 28 heavy (non-hydrogen) atoms. The van der Waals surface area contributed by atoms with Gasteiger partial charge in [0.2, 0.25) is 0 Å². The molecule has 1 amide bonds. The van der Waals surface area contributed by atoms with E-state index >= 15 is 0 Å². The number of anilines is 1. The quantitative estimate of drug-likeness (QED) is 0.745. The number of ether oxygens (including phenoxy) is 1. The molecule has 8 heteroatoms. The summed E-state index contributed by atoms with van der Waals surface area (Å²) in [7, 11) is 4.43. The predicted octanol–water partition coefficient (Wildman–Crippen LogP) is 2.02. The number of methoxy groups -OCH3 is 1. The smallest absolute Gasteiger partial charge is 0.332 e. The van der Waals surface area contributed by atoms with Crippen molar-refractivity contribution in [2.24, 2.45) is 14.1 Å². The molecule has 0 aliphatic rings. The molecule has 2 heterocycles. The summed E-state index contributed by atoms with van der Waals surface area (Å²) in [6.07, 6.45) is 1.59. The summed E-state index contributed by atoms with van der Waals surface area (Å²) >= 11 is 0. The molecule has 2 aromatic heterocycles. The fourth-order valence-corrected chi connectivity index (χ4v) is 3.13. The molecule has 0 saturated heterocycles. The van der Waals surface area contributed by atoms with Crippen molar-refractivity contribution in [2.75, 3.05) is 12.4 Å². The van der Waals surface area contributed by atoms with Crippen LogP contribution < -0.4 is 21.3 Å². The van der Waals surface area contributed by atoms with Crippen LogP contribution in [0.4, 0.5) is 5.69 Å². The van der Waals surface area contributed by atoms with Crippen LogP contribution in [-0.4, -0.2) is 27.1 Å². The molecule has 0 aliphatic heterocycles. The third-order valence-corrected chi connectivity index (χ3v) is 4.71. The lowest BCUT2D eigenvalue weighted by atomic mass is 10.0. The van der Waals surface area contributed by atoms with Gasteiger partial charge in [0.1, 0.15) is 11.1 Å². The minimum absolute atomic E-state index is 0.00758. The number of rotatable bonds is 4. The van der Waals surface area contributed by atoms with E-state index in [-0.39, 0.29) is 17.0 Å². The lowest BCUT2D eigenvalue weighted by Gasteiger charge is -2.18. The van der Waals surface area contributed by atoms with Crippen molar-refractivity contribution in [2.45, 2.75) is 19.8 Å². The zero-order valence-electron chi connectivity index (χ0n) is 16.4. The number of carbonyl (C=O) groups excluding carboxylic acids is 1. The molecule has 0 atom stereocenters. The predicted molar refractivity (Wildman–Crippen MR) is 107 cm³/mol. The Morgan fingerprint density at radius 2 is 1.82 bits per heavy atom. The van der Waals surface area contributed by atoms with E-state index in [0.717, 1.165) is 4.57 Å². The van der Waals surface area contributed by atoms with Gasteiger partial charge in [-0.2, -0.15) is 0 Å². The van der Waals surface area contributed by atoms with Crippen LogP contribution in [0.2, 0.25) is 0 Å². The number of nitrogens with zero attached hydrogens (tertiary/aromatic N) is 3. The second kappa shape index (κ2) is 7.30. The van der Waals surface area contributed by atoms with E-state index in [1.165, 1.54) is 25.8 Å². The van der Waals surface area contributed by atoms with Crippen molar-refractivity contribution in [1.82, 2.24) is 14.1 Å². The summed E-state index contributed by atoms with van der Waals surface area (Å²) in [6, 6.07) is 6.82.